The number of anilines is 3. The normalized spacial score (nSPS) is 24.3. The number of nitrogens with zero attached hydrogens (tertiary/aromatic N) is 4. The number of nitrogens with two attached hydrogens (primary N) is 2. The summed E-state index contributed by atoms with van der Waals surface area (Å²) in [6.45, 7) is 0. The minimum Gasteiger partial charge on any atom is -0.365 e. The Labute approximate surface area is 178 Å². The van der Waals surface area contributed by atoms with Crippen LogP contribution in [0.4, 0.5) is 21.7 Å². The van der Waals surface area contributed by atoms with E-state index >= 15 is 0 Å². The molecular weight excluding hydrogens is 399 g/mol. The van der Waals surface area contributed by atoms with Gasteiger partial charge in [0.05, 0.1) is 29.3 Å². The van der Waals surface area contributed by atoms with Gasteiger partial charge in [-0.2, -0.15) is 5.10 Å². The van der Waals surface area contributed by atoms with Gasteiger partial charge in [0.25, 0.3) is 5.91 Å². The largest absolute Gasteiger partial charge is 0.365 e. The summed E-state index contributed by atoms with van der Waals surface area (Å²) in [7, 11) is 0. The van der Waals surface area contributed by atoms with Crippen LogP contribution in [-0.4, -0.2) is 37.7 Å². The Kier molecular flexibility index (Phi) is 4.78. The van der Waals surface area contributed by atoms with E-state index in [4.69, 9.17) is 11.5 Å². The molecule has 3 aromatic rings. The molecule has 2 unspecified atom stereocenters. The van der Waals surface area contributed by atoms with Gasteiger partial charge in [0.15, 0.2) is 11.6 Å². The summed E-state index contributed by atoms with van der Waals surface area (Å²) >= 11 is 0. The fourth-order valence-corrected chi connectivity index (χ4v) is 4.30. The maximum atomic E-state index is 14.7. The number of pyridine rings is 2. The Hall–Kier alpha value is -3.53. The van der Waals surface area contributed by atoms with E-state index in [9.17, 15) is 9.18 Å². The van der Waals surface area contributed by atoms with Gasteiger partial charge in [-0.3, -0.25) is 9.78 Å². The van der Waals surface area contributed by atoms with Crippen LogP contribution in [-0.2, 0) is 0 Å². The van der Waals surface area contributed by atoms with Gasteiger partial charge in [0.2, 0.25) is 0 Å². The van der Waals surface area contributed by atoms with Gasteiger partial charge >= 0.3 is 0 Å². The van der Waals surface area contributed by atoms with E-state index in [2.05, 4.69) is 25.7 Å². The van der Waals surface area contributed by atoms with Crippen LogP contribution in [0, 0.1) is 17.7 Å². The van der Waals surface area contributed by atoms with Crippen molar-refractivity contribution in [3.63, 3.8) is 0 Å². The second kappa shape index (κ2) is 7.62. The van der Waals surface area contributed by atoms with Crippen LogP contribution in [0.5, 0.6) is 0 Å². The zero-order valence-corrected chi connectivity index (χ0v) is 16.7. The van der Waals surface area contributed by atoms with Crippen LogP contribution in [0.15, 0.2) is 43.0 Å². The van der Waals surface area contributed by atoms with Crippen molar-refractivity contribution in [1.29, 1.82) is 0 Å². The molecule has 2 aliphatic rings. The Morgan fingerprint density at radius 3 is 2.77 bits per heavy atom. The molecule has 2 aliphatic carbocycles. The van der Waals surface area contributed by atoms with Crippen LogP contribution >= 0.6 is 0 Å². The molecular formula is C21H23FN8O. The fraction of sp³-hybridized carbons (Fsp3) is 0.333. The first-order chi connectivity index (χ1) is 15.0. The van der Waals surface area contributed by atoms with E-state index in [-0.39, 0.29) is 29.3 Å². The fourth-order valence-electron chi connectivity index (χ4n) is 4.30. The second-order valence-corrected chi connectivity index (χ2v) is 8.23. The van der Waals surface area contributed by atoms with E-state index in [1.807, 2.05) is 0 Å². The van der Waals surface area contributed by atoms with Crippen LogP contribution in [0.1, 0.15) is 29.6 Å². The summed E-state index contributed by atoms with van der Waals surface area (Å²) < 4.78 is 16.4. The minimum absolute atomic E-state index is 0.0447. The predicted octanol–water partition coefficient (Wildman–Crippen LogP) is 2.18. The molecule has 160 valence electrons. The number of nitrogens with one attached hydrogen (secondary N) is 2. The number of hydrogen-bond donors (Lipinski definition) is 4. The SMILES string of the molecule is NC(=O)c1cc(F)c(N[C@H]2CC3CC3C[C@@H]2N)nc1Nc1cncc(-n2cccn2)c1. The average Bonchev–Trinajstić information content (AvgIpc) is 3.26. The topological polar surface area (TPSA) is 137 Å². The number of fused-ring (bicyclic) bond motifs is 1. The van der Waals surface area contributed by atoms with Crippen molar-refractivity contribution >= 4 is 23.2 Å². The van der Waals surface area contributed by atoms with Crippen LogP contribution in [0.3, 0.4) is 0 Å². The number of halogens is 1. The smallest absolute Gasteiger partial charge is 0.252 e. The van der Waals surface area contributed by atoms with Gasteiger partial charge in [-0.15, -0.1) is 0 Å². The first-order valence-electron chi connectivity index (χ1n) is 10.2. The van der Waals surface area contributed by atoms with Gasteiger partial charge < -0.3 is 22.1 Å². The van der Waals surface area contributed by atoms with Crippen LogP contribution in [0.2, 0.25) is 0 Å². The van der Waals surface area contributed by atoms with E-state index in [0.717, 1.165) is 18.9 Å². The molecule has 1 amide bonds. The molecule has 10 heteroatoms. The maximum absolute atomic E-state index is 14.7. The van der Waals surface area contributed by atoms with Crippen molar-refractivity contribution < 1.29 is 9.18 Å². The molecule has 31 heavy (non-hydrogen) atoms. The molecule has 2 fully saturated rings. The van der Waals surface area contributed by atoms with Gasteiger partial charge in [0.1, 0.15) is 5.82 Å². The molecule has 4 atom stereocenters. The zero-order chi connectivity index (χ0) is 21.5. The third-order valence-electron chi connectivity index (χ3n) is 6.04. The minimum atomic E-state index is -0.785. The Balaban J connectivity index is 1.44. The van der Waals surface area contributed by atoms with Crippen LogP contribution < -0.4 is 22.1 Å². The molecule has 0 radical (unpaired) electrons. The molecule has 5 rings (SSSR count). The summed E-state index contributed by atoms with van der Waals surface area (Å²) in [4.78, 5) is 20.5. The molecule has 0 saturated heterocycles. The lowest BCUT2D eigenvalue weighted by Gasteiger charge is -2.29. The molecule has 0 aliphatic heterocycles. The summed E-state index contributed by atoms with van der Waals surface area (Å²) in [6.07, 6.45) is 9.67. The summed E-state index contributed by atoms with van der Waals surface area (Å²) in [6, 6.07) is 4.55. The molecule has 3 heterocycles. The quantitative estimate of drug-likeness (QED) is 0.478. The summed E-state index contributed by atoms with van der Waals surface area (Å²) in [5.41, 5.74) is 13.0. The van der Waals surface area contributed by atoms with Gasteiger partial charge in [0, 0.05) is 24.5 Å². The number of carbonyl (C=O) groups excluding carboxylic acids is 1. The second-order valence-electron chi connectivity index (χ2n) is 8.23. The highest BCUT2D eigenvalue weighted by Gasteiger charge is 2.45. The van der Waals surface area contributed by atoms with E-state index in [0.29, 0.717) is 23.2 Å². The lowest BCUT2D eigenvalue weighted by Crippen LogP contribution is -2.43. The predicted molar refractivity (Wildman–Crippen MR) is 114 cm³/mol. The molecule has 3 aromatic heterocycles. The maximum Gasteiger partial charge on any atom is 0.252 e. The molecule has 0 aromatic carbocycles. The molecule has 0 spiro atoms. The van der Waals surface area contributed by atoms with Gasteiger partial charge in [-0.05, 0) is 49.3 Å². The summed E-state index contributed by atoms with van der Waals surface area (Å²) in [5.74, 6) is 0.112. The highest BCUT2D eigenvalue weighted by atomic mass is 19.1. The van der Waals surface area contributed by atoms with E-state index < -0.39 is 11.7 Å². The lowest BCUT2D eigenvalue weighted by atomic mass is 9.91. The third-order valence-corrected chi connectivity index (χ3v) is 6.04. The Morgan fingerprint density at radius 1 is 1.16 bits per heavy atom. The van der Waals surface area contributed by atoms with Gasteiger partial charge in [-0.1, -0.05) is 0 Å². The van der Waals surface area contributed by atoms with E-state index in [1.165, 1.54) is 6.42 Å². The number of rotatable bonds is 6. The third kappa shape index (κ3) is 3.93. The van der Waals surface area contributed by atoms with E-state index in [1.54, 1.807) is 41.6 Å². The number of aromatic nitrogens is 4. The van der Waals surface area contributed by atoms with Crippen molar-refractivity contribution in [3.05, 3.63) is 54.4 Å². The van der Waals surface area contributed by atoms with Crippen molar-refractivity contribution in [2.45, 2.75) is 31.3 Å². The molecule has 6 N–H and O–H groups in total. The molecule has 2 saturated carbocycles. The standard InChI is InChI=1S/C21H23FN8O/c22-16-8-15(19(24)31)20(27-13-7-14(10-25-9-13)30-3-1-2-26-30)29-21(16)28-18-6-12-4-11(12)5-17(18)23/h1-3,7-12,17-18H,4-6,23H2,(H2,24,31)(H2,27,28,29)/t11?,12?,17-,18-/m0/s1. The van der Waals surface area contributed by atoms with Crippen molar-refractivity contribution in [2.75, 3.05) is 10.6 Å². The highest BCUT2D eigenvalue weighted by Crippen LogP contribution is 2.49. The molecule has 9 nitrogen and oxygen atoms in total. The number of amides is 1. The first kappa shape index (κ1) is 19.4. The monoisotopic (exact) mass is 422 g/mol. The number of carbonyl (C=O) groups is 1. The van der Waals surface area contributed by atoms with Crippen molar-refractivity contribution in [3.8, 4) is 5.69 Å². The number of primary amides is 1. The van der Waals surface area contributed by atoms with Gasteiger partial charge in [-0.25, -0.2) is 14.1 Å². The summed E-state index contributed by atoms with van der Waals surface area (Å²) in [5, 5.41) is 10.4. The first-order valence-corrected chi connectivity index (χ1v) is 10.2. The lowest BCUT2D eigenvalue weighted by molar-refractivity contribution is 0.100. The molecule has 0 bridgehead atoms. The van der Waals surface area contributed by atoms with Crippen molar-refractivity contribution in [2.24, 2.45) is 23.3 Å². The highest BCUT2D eigenvalue weighted by molar-refractivity contribution is 5.98. The Bertz CT molecular complexity index is 1120. The zero-order valence-electron chi connectivity index (χ0n) is 16.7. The average molecular weight is 422 g/mol. The Morgan fingerprint density at radius 2 is 2.00 bits per heavy atom. The number of hydrogen-bond acceptors (Lipinski definition) is 7. The van der Waals surface area contributed by atoms with Crippen LogP contribution in [0.25, 0.3) is 5.69 Å². The van der Waals surface area contributed by atoms with Crippen molar-refractivity contribution in [1.82, 2.24) is 19.7 Å².